The molecule has 0 radical (unpaired) electrons. The molecule has 1 aromatic carbocycles. The van der Waals surface area contributed by atoms with Crippen molar-refractivity contribution in [3.8, 4) is 0 Å². The normalized spacial score (nSPS) is 25.9. The Kier molecular flexibility index (Phi) is 5.27. The molecule has 2 saturated heterocycles. The zero-order chi connectivity index (χ0) is 21.5. The third-order valence-corrected chi connectivity index (χ3v) is 5.68. The molecule has 162 valence electrons. The van der Waals surface area contributed by atoms with E-state index in [0.717, 1.165) is 0 Å². The number of carbonyl (C=O) groups is 3. The van der Waals surface area contributed by atoms with Crippen LogP contribution in [0.5, 0.6) is 0 Å². The van der Waals surface area contributed by atoms with Gasteiger partial charge in [0, 0.05) is 32.9 Å². The predicted molar refractivity (Wildman–Crippen MR) is 105 cm³/mol. The zero-order valence-electron chi connectivity index (χ0n) is 17.0. The van der Waals surface area contributed by atoms with Crippen molar-refractivity contribution in [2.24, 2.45) is 0 Å². The monoisotopic (exact) mass is 420 g/mol. The maximum atomic E-state index is 14.9. The minimum Gasteiger partial charge on any atom is -0.438 e. The zero-order valence-corrected chi connectivity index (χ0v) is 17.0. The van der Waals surface area contributed by atoms with Crippen LogP contribution in [0.3, 0.4) is 0 Å². The molecule has 2 unspecified atom stereocenters. The predicted octanol–water partition coefficient (Wildman–Crippen LogP) is 1.42. The number of hydrogen-bond donors (Lipinski definition) is 1. The molecule has 1 saturated carbocycles. The van der Waals surface area contributed by atoms with Crippen LogP contribution in [-0.4, -0.2) is 67.4 Å². The number of nitrogens with zero attached hydrogens (tertiary/aromatic N) is 3. The first-order valence-electron chi connectivity index (χ1n) is 10.1. The van der Waals surface area contributed by atoms with Crippen molar-refractivity contribution in [2.75, 3.05) is 42.6 Å². The van der Waals surface area contributed by atoms with Gasteiger partial charge in [-0.05, 0) is 18.2 Å². The van der Waals surface area contributed by atoms with Crippen LogP contribution in [0.25, 0.3) is 0 Å². The highest BCUT2D eigenvalue weighted by atomic mass is 19.1. The van der Waals surface area contributed by atoms with E-state index < -0.39 is 17.5 Å². The van der Waals surface area contributed by atoms with Crippen LogP contribution in [0, 0.1) is 5.82 Å². The van der Waals surface area contributed by atoms with Gasteiger partial charge in [0.2, 0.25) is 11.8 Å². The fourth-order valence-corrected chi connectivity index (χ4v) is 3.98. The first-order chi connectivity index (χ1) is 14.3. The second-order valence-corrected chi connectivity index (χ2v) is 7.78. The Morgan fingerprint density at radius 1 is 1.30 bits per heavy atom. The highest BCUT2D eigenvalue weighted by molar-refractivity contribution is 5.91. The number of hydrogen-bond acceptors (Lipinski definition) is 6. The standard InChI is InChI=1S/C20H25FN4O5/c1-3-18(27)25-7-6-23(8-9-29-25)16-5-4-14(10-15(16)21)24-12-20(30-19(24)28)11-17(20)22-13(2)26/h4-5,10,17H,3,6-9,11-12H2,1-2H3,(H,22,26). The molecule has 2 atom stereocenters. The molecule has 4 rings (SSSR count). The number of hydroxylamine groups is 2. The highest BCUT2D eigenvalue weighted by Crippen LogP contribution is 2.46. The molecule has 3 amide bonds. The molecule has 9 nitrogen and oxygen atoms in total. The number of benzene rings is 1. The van der Waals surface area contributed by atoms with Gasteiger partial charge in [0.1, 0.15) is 5.82 Å². The van der Waals surface area contributed by atoms with E-state index in [-0.39, 0.29) is 31.0 Å². The van der Waals surface area contributed by atoms with E-state index >= 15 is 0 Å². The first-order valence-corrected chi connectivity index (χ1v) is 10.1. The van der Waals surface area contributed by atoms with Gasteiger partial charge in [-0.3, -0.25) is 19.3 Å². The van der Waals surface area contributed by atoms with E-state index in [1.54, 1.807) is 19.1 Å². The van der Waals surface area contributed by atoms with E-state index in [9.17, 15) is 18.8 Å². The third-order valence-electron chi connectivity index (χ3n) is 5.68. The maximum absolute atomic E-state index is 14.9. The second-order valence-electron chi connectivity index (χ2n) is 7.78. The van der Waals surface area contributed by atoms with Gasteiger partial charge in [0.25, 0.3) is 0 Å². The van der Waals surface area contributed by atoms with Gasteiger partial charge in [-0.25, -0.2) is 14.2 Å². The van der Waals surface area contributed by atoms with E-state index in [4.69, 9.17) is 9.57 Å². The molecule has 1 spiro atoms. The summed E-state index contributed by atoms with van der Waals surface area (Å²) in [5.41, 5.74) is 0.0633. The average molecular weight is 420 g/mol. The Bertz CT molecular complexity index is 881. The van der Waals surface area contributed by atoms with E-state index in [2.05, 4.69) is 5.32 Å². The molecule has 1 N–H and O–H groups in total. The molecule has 1 aliphatic carbocycles. The number of ether oxygens (including phenoxy) is 1. The van der Waals surface area contributed by atoms with Gasteiger partial charge >= 0.3 is 6.09 Å². The molecule has 3 aliphatic rings. The third kappa shape index (κ3) is 3.79. The van der Waals surface area contributed by atoms with Crippen molar-refractivity contribution in [3.63, 3.8) is 0 Å². The quantitative estimate of drug-likeness (QED) is 0.792. The molecule has 1 aromatic rings. The van der Waals surface area contributed by atoms with Crippen molar-refractivity contribution >= 4 is 29.3 Å². The lowest BCUT2D eigenvalue weighted by molar-refractivity contribution is -0.181. The Morgan fingerprint density at radius 2 is 2.10 bits per heavy atom. The van der Waals surface area contributed by atoms with Crippen molar-refractivity contribution < 1.29 is 28.3 Å². The van der Waals surface area contributed by atoms with Crippen molar-refractivity contribution in [2.45, 2.75) is 38.3 Å². The van der Waals surface area contributed by atoms with Gasteiger partial charge in [-0.15, -0.1) is 0 Å². The van der Waals surface area contributed by atoms with Gasteiger partial charge in [0.05, 0.1) is 37.1 Å². The average Bonchev–Trinajstić information content (AvgIpc) is 3.32. The first kappa shape index (κ1) is 20.4. The summed E-state index contributed by atoms with van der Waals surface area (Å²) in [5.74, 6) is -0.750. The van der Waals surface area contributed by atoms with Gasteiger partial charge in [0.15, 0.2) is 5.60 Å². The molecule has 2 heterocycles. The topological polar surface area (TPSA) is 91.4 Å². The molecule has 3 fully saturated rings. The fourth-order valence-electron chi connectivity index (χ4n) is 3.98. The summed E-state index contributed by atoms with van der Waals surface area (Å²) < 4.78 is 20.4. The van der Waals surface area contributed by atoms with Crippen molar-refractivity contribution in [1.29, 1.82) is 0 Å². The number of carbonyl (C=O) groups excluding carboxylic acids is 3. The van der Waals surface area contributed by atoms with Gasteiger partial charge in [-0.1, -0.05) is 6.92 Å². The Balaban J connectivity index is 1.44. The lowest BCUT2D eigenvalue weighted by atomic mass is 10.2. The van der Waals surface area contributed by atoms with E-state index in [1.807, 2.05) is 4.90 Å². The minimum absolute atomic E-state index is 0.105. The summed E-state index contributed by atoms with van der Waals surface area (Å²) in [7, 11) is 0. The minimum atomic E-state index is -0.727. The number of amides is 3. The van der Waals surface area contributed by atoms with E-state index in [0.29, 0.717) is 43.9 Å². The summed E-state index contributed by atoms with van der Waals surface area (Å²) in [6.45, 7) is 4.95. The highest BCUT2D eigenvalue weighted by Gasteiger charge is 2.64. The summed E-state index contributed by atoms with van der Waals surface area (Å²) in [6, 6.07) is 4.40. The molecule has 0 aromatic heterocycles. The molecule has 30 heavy (non-hydrogen) atoms. The Labute approximate surface area is 173 Å². The van der Waals surface area contributed by atoms with Crippen LogP contribution >= 0.6 is 0 Å². The molecular weight excluding hydrogens is 395 g/mol. The second kappa shape index (κ2) is 7.75. The fraction of sp³-hybridized carbons (Fsp3) is 0.550. The maximum Gasteiger partial charge on any atom is 0.415 e. The number of rotatable bonds is 4. The largest absolute Gasteiger partial charge is 0.438 e. The molecule has 0 bridgehead atoms. The molecule has 2 aliphatic heterocycles. The van der Waals surface area contributed by atoms with Crippen LogP contribution in [0.2, 0.25) is 0 Å². The van der Waals surface area contributed by atoms with Crippen LogP contribution in [-0.2, 0) is 19.2 Å². The SMILES string of the molecule is CCC(=O)N1CCN(c2ccc(N3CC4(CC4NC(C)=O)OC3=O)cc2F)CCO1. The lowest BCUT2D eigenvalue weighted by Crippen LogP contribution is -2.34. The van der Waals surface area contributed by atoms with Crippen molar-refractivity contribution in [1.82, 2.24) is 10.4 Å². The molecular formula is C20H25FN4O5. The van der Waals surface area contributed by atoms with Crippen molar-refractivity contribution in [3.05, 3.63) is 24.0 Å². The number of nitrogens with one attached hydrogen (secondary N) is 1. The van der Waals surface area contributed by atoms with Crippen LogP contribution in [0.1, 0.15) is 26.7 Å². The smallest absolute Gasteiger partial charge is 0.415 e. The summed E-state index contributed by atoms with van der Waals surface area (Å²) in [6.07, 6.45) is 0.349. The van der Waals surface area contributed by atoms with Gasteiger partial charge < -0.3 is 15.0 Å². The number of anilines is 2. The summed E-state index contributed by atoms with van der Waals surface area (Å²) in [5, 5.41) is 4.09. The lowest BCUT2D eigenvalue weighted by Gasteiger charge is -2.23. The van der Waals surface area contributed by atoms with Crippen LogP contribution in [0.4, 0.5) is 20.6 Å². The van der Waals surface area contributed by atoms with Gasteiger partial charge in [-0.2, -0.15) is 0 Å². The van der Waals surface area contributed by atoms with Crippen LogP contribution < -0.4 is 15.1 Å². The Morgan fingerprint density at radius 3 is 2.80 bits per heavy atom. The number of halogens is 1. The van der Waals surface area contributed by atoms with Crippen LogP contribution in [0.15, 0.2) is 18.2 Å². The Hall–Kier alpha value is -2.88. The van der Waals surface area contributed by atoms with E-state index in [1.165, 1.54) is 23.0 Å². The summed E-state index contributed by atoms with van der Waals surface area (Å²) in [4.78, 5) is 44.1. The summed E-state index contributed by atoms with van der Waals surface area (Å²) >= 11 is 0. The molecule has 10 heteroatoms.